The van der Waals surface area contributed by atoms with Gasteiger partial charge in [0.25, 0.3) is 12.4 Å². The van der Waals surface area contributed by atoms with Crippen molar-refractivity contribution in [2.75, 3.05) is 7.05 Å². The Morgan fingerprint density at radius 1 is 1.15 bits per heavy atom. The smallest absolute Gasteiger partial charge is 0.298 e. The van der Waals surface area contributed by atoms with Crippen molar-refractivity contribution in [1.82, 2.24) is 10.3 Å². The SMILES string of the molecule is CNC(=O)c1c(F)ccc(OCc2nc3cc(Cl)ccc3s2)c1F.O=COc1ccccc1. The van der Waals surface area contributed by atoms with Gasteiger partial charge in [-0.3, -0.25) is 9.59 Å². The van der Waals surface area contributed by atoms with E-state index in [1.807, 2.05) is 12.1 Å². The molecule has 33 heavy (non-hydrogen) atoms. The van der Waals surface area contributed by atoms with Gasteiger partial charge in [-0.05, 0) is 42.5 Å². The molecule has 0 radical (unpaired) electrons. The Morgan fingerprint density at radius 2 is 1.91 bits per heavy atom. The maximum Gasteiger partial charge on any atom is 0.298 e. The summed E-state index contributed by atoms with van der Waals surface area (Å²) in [5, 5.41) is 3.37. The summed E-state index contributed by atoms with van der Waals surface area (Å²) in [6.07, 6.45) is 0. The zero-order valence-electron chi connectivity index (χ0n) is 17.2. The predicted octanol–water partition coefficient (Wildman–Crippen LogP) is 5.39. The van der Waals surface area contributed by atoms with Gasteiger partial charge in [0.2, 0.25) is 0 Å². The van der Waals surface area contributed by atoms with Crippen LogP contribution >= 0.6 is 22.9 Å². The van der Waals surface area contributed by atoms with E-state index >= 15 is 0 Å². The Morgan fingerprint density at radius 3 is 2.61 bits per heavy atom. The number of halogens is 3. The molecule has 10 heteroatoms. The molecule has 1 amide bonds. The van der Waals surface area contributed by atoms with Gasteiger partial charge in [-0.15, -0.1) is 11.3 Å². The highest BCUT2D eigenvalue weighted by Crippen LogP contribution is 2.28. The lowest BCUT2D eigenvalue weighted by Crippen LogP contribution is -2.21. The van der Waals surface area contributed by atoms with E-state index in [2.05, 4.69) is 15.0 Å². The van der Waals surface area contributed by atoms with Gasteiger partial charge in [-0.1, -0.05) is 29.8 Å². The van der Waals surface area contributed by atoms with Crippen molar-refractivity contribution in [3.05, 3.63) is 87.9 Å². The molecule has 6 nitrogen and oxygen atoms in total. The zero-order chi connectivity index (χ0) is 23.8. The minimum Gasteiger partial charge on any atom is -0.483 e. The molecule has 4 aromatic rings. The molecule has 0 aliphatic heterocycles. The summed E-state index contributed by atoms with van der Waals surface area (Å²) in [6.45, 7) is 0.405. The van der Waals surface area contributed by atoms with Crippen molar-refractivity contribution >= 4 is 45.5 Å². The lowest BCUT2D eigenvalue weighted by molar-refractivity contribution is -0.120. The van der Waals surface area contributed by atoms with Crippen LogP contribution in [-0.2, 0) is 11.4 Å². The number of hydrogen-bond acceptors (Lipinski definition) is 6. The standard InChI is InChI=1S/C16H11ClF2N2O2S.C7H6O2/c1-20-16(22)14-9(18)3-4-11(15(14)19)23-7-13-21-10-6-8(17)2-5-12(10)24-13;8-6-9-7-4-2-1-3-5-7/h2-6H,7H2,1H3,(H,20,22);1-6H. The highest BCUT2D eigenvalue weighted by atomic mass is 35.5. The van der Waals surface area contributed by atoms with Crippen molar-refractivity contribution in [2.45, 2.75) is 6.61 Å². The maximum atomic E-state index is 14.3. The molecule has 3 aromatic carbocycles. The highest BCUT2D eigenvalue weighted by Gasteiger charge is 2.20. The second-order valence-electron chi connectivity index (χ2n) is 6.35. The number of ether oxygens (including phenoxy) is 2. The number of benzene rings is 3. The van der Waals surface area contributed by atoms with Crippen LogP contribution in [0, 0.1) is 11.6 Å². The van der Waals surface area contributed by atoms with E-state index in [9.17, 15) is 18.4 Å². The number of carbonyl (C=O) groups excluding carboxylic acids is 2. The van der Waals surface area contributed by atoms with E-state index in [1.54, 1.807) is 36.4 Å². The number of rotatable bonds is 6. The fourth-order valence-electron chi connectivity index (χ4n) is 2.68. The number of para-hydroxylation sites is 1. The van der Waals surface area contributed by atoms with E-state index in [0.29, 0.717) is 22.3 Å². The molecule has 0 saturated carbocycles. The number of nitrogens with one attached hydrogen (secondary N) is 1. The first kappa shape index (κ1) is 24.1. The van der Waals surface area contributed by atoms with E-state index in [1.165, 1.54) is 18.4 Å². The van der Waals surface area contributed by atoms with Crippen molar-refractivity contribution in [2.24, 2.45) is 0 Å². The average Bonchev–Trinajstić information content (AvgIpc) is 3.22. The van der Waals surface area contributed by atoms with Crippen molar-refractivity contribution in [3.63, 3.8) is 0 Å². The van der Waals surface area contributed by atoms with Gasteiger partial charge in [0.05, 0.1) is 10.2 Å². The largest absolute Gasteiger partial charge is 0.483 e. The average molecular weight is 491 g/mol. The Balaban J connectivity index is 0.000000286. The monoisotopic (exact) mass is 490 g/mol. The summed E-state index contributed by atoms with van der Waals surface area (Å²) < 4.78 is 38.7. The summed E-state index contributed by atoms with van der Waals surface area (Å²) >= 11 is 7.29. The van der Waals surface area contributed by atoms with Crippen LogP contribution in [0.5, 0.6) is 11.5 Å². The van der Waals surface area contributed by atoms with Crippen LogP contribution in [0.15, 0.2) is 60.7 Å². The molecule has 1 heterocycles. The van der Waals surface area contributed by atoms with Crippen LogP contribution < -0.4 is 14.8 Å². The Hall–Kier alpha value is -3.56. The van der Waals surface area contributed by atoms with E-state index in [0.717, 1.165) is 22.3 Å². The van der Waals surface area contributed by atoms with Crippen molar-refractivity contribution in [1.29, 1.82) is 0 Å². The molecule has 4 rings (SSSR count). The zero-order valence-corrected chi connectivity index (χ0v) is 18.8. The normalized spacial score (nSPS) is 10.2. The number of amides is 1. The van der Waals surface area contributed by atoms with Gasteiger partial charge >= 0.3 is 0 Å². The molecular formula is C23H17ClF2N2O4S. The van der Waals surface area contributed by atoms with Crippen LogP contribution in [0.4, 0.5) is 8.78 Å². The fraction of sp³-hybridized carbons (Fsp3) is 0.0870. The first-order chi connectivity index (χ1) is 15.9. The maximum absolute atomic E-state index is 14.3. The Labute approximate surface area is 196 Å². The highest BCUT2D eigenvalue weighted by molar-refractivity contribution is 7.18. The molecule has 0 aliphatic carbocycles. The second-order valence-corrected chi connectivity index (χ2v) is 7.90. The number of carbonyl (C=O) groups is 2. The summed E-state index contributed by atoms with van der Waals surface area (Å²) in [6, 6.07) is 16.3. The number of nitrogens with zero attached hydrogens (tertiary/aromatic N) is 1. The molecule has 1 N–H and O–H groups in total. The van der Waals surface area contributed by atoms with Gasteiger partial charge in [-0.2, -0.15) is 0 Å². The summed E-state index contributed by atoms with van der Waals surface area (Å²) in [5.41, 5.74) is 0.0443. The van der Waals surface area contributed by atoms with Crippen molar-refractivity contribution in [3.8, 4) is 11.5 Å². The van der Waals surface area contributed by atoms with Crippen LogP contribution in [-0.4, -0.2) is 24.4 Å². The quantitative estimate of drug-likeness (QED) is 0.367. The van der Waals surface area contributed by atoms with Crippen LogP contribution in [0.25, 0.3) is 10.2 Å². The lowest BCUT2D eigenvalue weighted by atomic mass is 10.1. The molecule has 0 bridgehead atoms. The van der Waals surface area contributed by atoms with E-state index in [-0.39, 0.29) is 12.4 Å². The number of aromatic nitrogens is 1. The Bertz CT molecular complexity index is 1270. The third kappa shape index (κ3) is 6.24. The molecule has 0 spiro atoms. The van der Waals surface area contributed by atoms with E-state index < -0.39 is 23.1 Å². The molecule has 0 aliphatic rings. The van der Waals surface area contributed by atoms with E-state index in [4.69, 9.17) is 16.3 Å². The van der Waals surface area contributed by atoms with Gasteiger partial charge in [-0.25, -0.2) is 13.8 Å². The topological polar surface area (TPSA) is 77.5 Å². The molecule has 0 saturated heterocycles. The van der Waals surface area contributed by atoms with Gasteiger partial charge in [0.1, 0.15) is 28.7 Å². The second kappa shape index (κ2) is 11.3. The number of hydrogen-bond donors (Lipinski definition) is 1. The number of fused-ring (bicyclic) bond motifs is 1. The molecule has 0 unspecified atom stereocenters. The van der Waals surface area contributed by atoms with Crippen LogP contribution in [0.3, 0.4) is 0 Å². The molecule has 1 aromatic heterocycles. The van der Waals surface area contributed by atoms with Gasteiger partial charge in [0, 0.05) is 12.1 Å². The first-order valence-electron chi connectivity index (χ1n) is 9.46. The third-order valence-corrected chi connectivity index (χ3v) is 5.43. The van der Waals surface area contributed by atoms with Gasteiger partial charge < -0.3 is 14.8 Å². The molecule has 0 fully saturated rings. The predicted molar refractivity (Wildman–Crippen MR) is 122 cm³/mol. The summed E-state index contributed by atoms with van der Waals surface area (Å²) in [4.78, 5) is 25.7. The Kier molecular flexibility index (Phi) is 8.28. The fourth-order valence-corrected chi connectivity index (χ4v) is 3.71. The molecule has 0 atom stereocenters. The lowest BCUT2D eigenvalue weighted by Gasteiger charge is -2.09. The third-order valence-electron chi connectivity index (χ3n) is 4.18. The minimum atomic E-state index is -1.04. The first-order valence-corrected chi connectivity index (χ1v) is 10.7. The summed E-state index contributed by atoms with van der Waals surface area (Å²) in [7, 11) is 1.29. The van der Waals surface area contributed by atoms with Gasteiger partial charge in [0.15, 0.2) is 11.6 Å². The number of thiazole rings is 1. The molecular weight excluding hydrogens is 474 g/mol. The molecule has 170 valence electrons. The minimum absolute atomic E-state index is 0.00724. The van der Waals surface area contributed by atoms with Crippen LogP contribution in [0.2, 0.25) is 5.02 Å². The van der Waals surface area contributed by atoms with Crippen LogP contribution in [0.1, 0.15) is 15.4 Å². The summed E-state index contributed by atoms with van der Waals surface area (Å²) in [5.74, 6) is -2.49. The van der Waals surface area contributed by atoms with Crippen molar-refractivity contribution < 1.29 is 27.8 Å².